The van der Waals surface area contributed by atoms with Crippen LogP contribution in [-0.2, 0) is 4.79 Å². The minimum absolute atomic E-state index is 0.170. The van der Waals surface area contributed by atoms with Gasteiger partial charge >= 0.3 is 0 Å². The van der Waals surface area contributed by atoms with E-state index in [2.05, 4.69) is 9.98 Å². The van der Waals surface area contributed by atoms with Crippen LogP contribution >= 0.6 is 0 Å². The number of allylic oxidation sites excluding steroid dienone is 2. The predicted molar refractivity (Wildman–Crippen MR) is 63.4 cm³/mol. The van der Waals surface area contributed by atoms with E-state index in [0.717, 1.165) is 0 Å². The van der Waals surface area contributed by atoms with Gasteiger partial charge in [0.25, 0.3) is 0 Å². The van der Waals surface area contributed by atoms with E-state index in [0.29, 0.717) is 26.4 Å². The Morgan fingerprint density at radius 1 is 1.00 bits per heavy atom. The number of Topliss-reactive ketones (excluding diaryl/α,β-unsaturated/α-hetero) is 1. The summed E-state index contributed by atoms with van der Waals surface area (Å²) in [6, 6.07) is 0. The summed E-state index contributed by atoms with van der Waals surface area (Å²) in [4.78, 5) is 23.6. The molecule has 0 atom stereocenters. The zero-order valence-electron chi connectivity index (χ0n) is 8.99. The first-order valence-electron chi connectivity index (χ1n) is 5.17. The summed E-state index contributed by atoms with van der Waals surface area (Å²) in [5.41, 5.74) is 0. The Bertz CT molecular complexity index is 336. The van der Waals surface area contributed by atoms with Crippen molar-refractivity contribution in [3.8, 4) is 0 Å². The fourth-order valence-electron chi connectivity index (χ4n) is 1.55. The molecule has 2 rings (SSSR count). The molecule has 5 nitrogen and oxygen atoms in total. The van der Waals surface area contributed by atoms with Gasteiger partial charge in [-0.3, -0.25) is 14.8 Å². The van der Waals surface area contributed by atoms with Gasteiger partial charge < -0.3 is 9.80 Å². The molecule has 16 heavy (non-hydrogen) atoms. The Labute approximate surface area is 94.5 Å². The highest BCUT2D eigenvalue weighted by Gasteiger charge is 2.11. The highest BCUT2D eigenvalue weighted by Crippen LogP contribution is 1.99. The van der Waals surface area contributed by atoms with Crippen molar-refractivity contribution in [2.24, 2.45) is 9.98 Å². The maximum absolute atomic E-state index is 11.7. The third-order valence-electron chi connectivity index (χ3n) is 2.26. The van der Waals surface area contributed by atoms with E-state index in [1.807, 2.05) is 34.4 Å². The van der Waals surface area contributed by atoms with E-state index in [-0.39, 0.29) is 5.78 Å². The number of aliphatic imine (C=N–C) groups is 2. The summed E-state index contributed by atoms with van der Waals surface area (Å²) in [7, 11) is 0. The van der Waals surface area contributed by atoms with Gasteiger partial charge in [-0.15, -0.1) is 0 Å². The Hall–Kier alpha value is -1.91. The zero-order chi connectivity index (χ0) is 11.2. The molecule has 0 fully saturated rings. The lowest BCUT2D eigenvalue weighted by molar-refractivity contribution is -0.120. The average Bonchev–Trinajstić information content (AvgIpc) is 2.31. The molecular weight excluding hydrogens is 204 g/mol. The molecule has 0 bridgehead atoms. The summed E-state index contributed by atoms with van der Waals surface area (Å²) in [5.74, 6) is 0.170. The lowest BCUT2D eigenvalue weighted by Crippen LogP contribution is -2.34. The first-order chi connectivity index (χ1) is 7.84. The third-order valence-corrected chi connectivity index (χ3v) is 2.26. The van der Waals surface area contributed by atoms with Crippen LogP contribution in [0.2, 0.25) is 0 Å². The van der Waals surface area contributed by atoms with Gasteiger partial charge in [-0.25, -0.2) is 0 Å². The second-order valence-corrected chi connectivity index (χ2v) is 3.66. The molecule has 0 amide bonds. The van der Waals surface area contributed by atoms with Crippen molar-refractivity contribution in [2.45, 2.75) is 0 Å². The highest BCUT2D eigenvalue weighted by molar-refractivity contribution is 5.83. The van der Waals surface area contributed by atoms with Crippen molar-refractivity contribution in [1.29, 1.82) is 0 Å². The predicted octanol–water partition coefficient (Wildman–Crippen LogP) is 0.271. The molecule has 2 aliphatic rings. The molecule has 0 aromatic rings. The number of carbonyl (C=O) groups excluding carboxylic acids is 1. The Morgan fingerprint density at radius 2 is 1.50 bits per heavy atom. The van der Waals surface area contributed by atoms with Crippen molar-refractivity contribution in [3.05, 3.63) is 24.6 Å². The van der Waals surface area contributed by atoms with Crippen LogP contribution in [0.15, 0.2) is 34.5 Å². The van der Waals surface area contributed by atoms with Gasteiger partial charge in [0.1, 0.15) is 13.3 Å². The van der Waals surface area contributed by atoms with E-state index in [1.165, 1.54) is 0 Å². The Morgan fingerprint density at radius 3 is 1.88 bits per heavy atom. The van der Waals surface area contributed by atoms with Crippen molar-refractivity contribution in [2.75, 3.05) is 26.4 Å². The molecule has 84 valence electrons. The molecule has 2 aliphatic heterocycles. The van der Waals surface area contributed by atoms with Crippen LogP contribution in [0, 0.1) is 0 Å². The van der Waals surface area contributed by atoms with Crippen molar-refractivity contribution in [3.63, 3.8) is 0 Å². The quantitative estimate of drug-likeness (QED) is 0.680. The fraction of sp³-hybridized carbons (Fsp3) is 0.364. The molecule has 0 aromatic heterocycles. The van der Waals surface area contributed by atoms with Gasteiger partial charge in [0, 0.05) is 24.8 Å². The highest BCUT2D eigenvalue weighted by atomic mass is 16.1. The van der Waals surface area contributed by atoms with Crippen molar-refractivity contribution < 1.29 is 4.79 Å². The normalized spacial score (nSPS) is 18.2. The number of carbonyl (C=O) groups is 1. The SMILES string of the molecule is O=C(CN1C=CC=NC1)CN1C=CC=NC1. The molecule has 0 radical (unpaired) electrons. The van der Waals surface area contributed by atoms with Crippen molar-refractivity contribution >= 4 is 18.2 Å². The molecule has 0 saturated heterocycles. The lowest BCUT2D eigenvalue weighted by Gasteiger charge is -2.22. The number of ketones is 1. The summed E-state index contributed by atoms with van der Waals surface area (Å²) < 4.78 is 0. The van der Waals surface area contributed by atoms with Gasteiger partial charge in [-0.1, -0.05) is 0 Å². The van der Waals surface area contributed by atoms with Crippen LogP contribution < -0.4 is 0 Å². The topological polar surface area (TPSA) is 48.3 Å². The van der Waals surface area contributed by atoms with E-state index >= 15 is 0 Å². The summed E-state index contributed by atoms with van der Waals surface area (Å²) >= 11 is 0. The van der Waals surface area contributed by atoms with Crippen LogP contribution in [0.3, 0.4) is 0 Å². The third kappa shape index (κ3) is 3.05. The first-order valence-corrected chi connectivity index (χ1v) is 5.17. The van der Waals surface area contributed by atoms with E-state index in [1.54, 1.807) is 12.4 Å². The van der Waals surface area contributed by atoms with Crippen LogP contribution in [0.1, 0.15) is 0 Å². The van der Waals surface area contributed by atoms with Gasteiger partial charge in [-0.2, -0.15) is 0 Å². The zero-order valence-corrected chi connectivity index (χ0v) is 8.99. The maximum atomic E-state index is 11.7. The van der Waals surface area contributed by atoms with Gasteiger partial charge in [0.2, 0.25) is 0 Å². The Kier molecular flexibility index (Phi) is 3.48. The van der Waals surface area contributed by atoms with Crippen LogP contribution in [0.4, 0.5) is 0 Å². The second kappa shape index (κ2) is 5.25. The molecule has 0 unspecified atom stereocenters. The molecular formula is C11H14N4O. The average molecular weight is 218 g/mol. The maximum Gasteiger partial charge on any atom is 0.171 e. The van der Waals surface area contributed by atoms with E-state index in [9.17, 15) is 4.79 Å². The number of hydrogen-bond donors (Lipinski definition) is 0. The monoisotopic (exact) mass is 218 g/mol. The molecule has 0 N–H and O–H groups in total. The Balaban J connectivity index is 1.76. The molecule has 0 spiro atoms. The standard InChI is InChI=1S/C11H14N4O/c16-11(7-14-5-1-3-12-9-14)8-15-6-2-4-13-10-15/h1-6H,7-10H2. The molecule has 0 aliphatic carbocycles. The lowest BCUT2D eigenvalue weighted by atomic mass is 10.3. The van der Waals surface area contributed by atoms with E-state index < -0.39 is 0 Å². The van der Waals surface area contributed by atoms with Gasteiger partial charge in [0.05, 0.1) is 13.1 Å². The number of nitrogens with zero attached hydrogens (tertiary/aromatic N) is 4. The van der Waals surface area contributed by atoms with Crippen molar-refractivity contribution in [1.82, 2.24) is 9.80 Å². The van der Waals surface area contributed by atoms with Crippen LogP contribution in [0.25, 0.3) is 0 Å². The smallest absolute Gasteiger partial charge is 0.171 e. The molecule has 2 heterocycles. The summed E-state index contributed by atoms with van der Waals surface area (Å²) in [6.07, 6.45) is 10.9. The number of hydrogen-bond acceptors (Lipinski definition) is 5. The van der Waals surface area contributed by atoms with Gasteiger partial charge in [-0.05, 0) is 12.2 Å². The van der Waals surface area contributed by atoms with Gasteiger partial charge in [0.15, 0.2) is 5.78 Å². The fourth-order valence-corrected chi connectivity index (χ4v) is 1.55. The van der Waals surface area contributed by atoms with E-state index in [4.69, 9.17) is 0 Å². The first kappa shape index (κ1) is 10.6. The minimum Gasteiger partial charge on any atom is -0.351 e. The largest absolute Gasteiger partial charge is 0.351 e. The summed E-state index contributed by atoms with van der Waals surface area (Å²) in [6.45, 7) is 1.94. The second-order valence-electron chi connectivity index (χ2n) is 3.66. The molecule has 0 saturated carbocycles. The minimum atomic E-state index is 0.170. The number of rotatable bonds is 4. The molecule has 5 heteroatoms. The van der Waals surface area contributed by atoms with Crippen LogP contribution in [-0.4, -0.2) is 54.4 Å². The van der Waals surface area contributed by atoms with Crippen LogP contribution in [0.5, 0.6) is 0 Å². The molecule has 0 aromatic carbocycles. The summed E-state index contributed by atoms with van der Waals surface area (Å²) in [5, 5.41) is 0.